The first-order valence-electron chi connectivity index (χ1n) is 5.86. The Kier molecular flexibility index (Phi) is 5.71. The Morgan fingerprint density at radius 2 is 2.17 bits per heavy atom. The van der Waals surface area contributed by atoms with Crippen molar-refractivity contribution in [2.75, 3.05) is 0 Å². The van der Waals surface area contributed by atoms with Gasteiger partial charge in [0, 0.05) is 12.1 Å². The van der Waals surface area contributed by atoms with Crippen LogP contribution >= 0.6 is 12.2 Å². The van der Waals surface area contributed by atoms with Gasteiger partial charge in [-0.25, -0.2) is 4.39 Å². The number of benzene rings is 1. The molecule has 0 aliphatic heterocycles. The van der Waals surface area contributed by atoms with Crippen molar-refractivity contribution in [2.45, 2.75) is 26.3 Å². The van der Waals surface area contributed by atoms with Crippen LogP contribution in [0.5, 0.6) is 0 Å². The number of hydrogen-bond acceptors (Lipinski definition) is 2. The lowest BCUT2D eigenvalue weighted by Gasteiger charge is -2.14. The zero-order valence-electron chi connectivity index (χ0n) is 10.3. The number of thiocarbonyl (C=S) groups is 1. The van der Waals surface area contributed by atoms with Crippen molar-refractivity contribution in [3.05, 3.63) is 35.6 Å². The van der Waals surface area contributed by atoms with Crippen molar-refractivity contribution in [3.63, 3.8) is 0 Å². The van der Waals surface area contributed by atoms with Crippen molar-refractivity contribution in [1.29, 1.82) is 0 Å². The third kappa shape index (κ3) is 4.07. The number of nitrogens with two attached hydrogens (primary N) is 1. The van der Waals surface area contributed by atoms with E-state index >= 15 is 0 Å². The lowest BCUT2D eigenvalue weighted by atomic mass is 10.0. The minimum Gasteiger partial charge on any atom is -0.393 e. The minimum atomic E-state index is -0.475. The Morgan fingerprint density at radius 1 is 1.50 bits per heavy atom. The van der Waals surface area contributed by atoms with Crippen molar-refractivity contribution in [2.24, 2.45) is 11.7 Å². The third-order valence-corrected chi connectivity index (χ3v) is 2.93. The first-order valence-corrected chi connectivity index (χ1v) is 6.27. The Labute approximate surface area is 112 Å². The standard InChI is InChI=1S/C13H17FN2OS/c1-2-5-10(12(15)18)13(17)16-8-9-6-3-4-7-11(9)14/h3-4,6-7,10H,2,5,8H2,1H3,(H2,15,18)(H,16,17). The second-order valence-corrected chi connectivity index (χ2v) is 4.52. The molecule has 0 heterocycles. The summed E-state index contributed by atoms with van der Waals surface area (Å²) in [5.41, 5.74) is 5.97. The molecule has 0 radical (unpaired) electrons. The Bertz CT molecular complexity index is 437. The van der Waals surface area contributed by atoms with Gasteiger partial charge < -0.3 is 11.1 Å². The molecule has 1 aromatic carbocycles. The molecule has 0 aromatic heterocycles. The second-order valence-electron chi connectivity index (χ2n) is 4.05. The van der Waals surface area contributed by atoms with Gasteiger partial charge in [-0.2, -0.15) is 0 Å². The van der Waals surface area contributed by atoms with Crippen molar-refractivity contribution < 1.29 is 9.18 Å². The molecule has 0 bridgehead atoms. The Morgan fingerprint density at radius 3 is 2.72 bits per heavy atom. The normalized spacial score (nSPS) is 11.9. The summed E-state index contributed by atoms with van der Waals surface area (Å²) in [6, 6.07) is 6.32. The summed E-state index contributed by atoms with van der Waals surface area (Å²) in [7, 11) is 0. The van der Waals surface area contributed by atoms with Gasteiger partial charge in [0.15, 0.2) is 0 Å². The van der Waals surface area contributed by atoms with Gasteiger partial charge in [0.1, 0.15) is 5.82 Å². The summed E-state index contributed by atoms with van der Waals surface area (Å²) >= 11 is 4.86. The molecular weight excluding hydrogens is 251 g/mol. The van der Waals surface area contributed by atoms with Crippen LogP contribution in [0.4, 0.5) is 4.39 Å². The monoisotopic (exact) mass is 268 g/mol. The number of rotatable bonds is 6. The fraction of sp³-hybridized carbons (Fsp3) is 0.385. The zero-order valence-corrected chi connectivity index (χ0v) is 11.1. The number of hydrogen-bond donors (Lipinski definition) is 2. The summed E-state index contributed by atoms with van der Waals surface area (Å²) in [6.45, 7) is 2.10. The van der Waals surface area contributed by atoms with E-state index in [0.29, 0.717) is 12.0 Å². The zero-order chi connectivity index (χ0) is 13.5. The van der Waals surface area contributed by atoms with Gasteiger partial charge in [-0.05, 0) is 12.5 Å². The topological polar surface area (TPSA) is 55.1 Å². The molecule has 5 heteroatoms. The maximum atomic E-state index is 13.3. The number of nitrogens with one attached hydrogen (secondary N) is 1. The molecule has 3 N–H and O–H groups in total. The molecular formula is C13H17FN2OS. The summed E-state index contributed by atoms with van der Waals surface area (Å²) in [5, 5.41) is 2.66. The van der Waals surface area contributed by atoms with Gasteiger partial charge in [-0.1, -0.05) is 43.8 Å². The van der Waals surface area contributed by atoms with Crippen LogP contribution in [0.25, 0.3) is 0 Å². The number of carbonyl (C=O) groups excluding carboxylic acids is 1. The largest absolute Gasteiger partial charge is 0.393 e. The van der Waals surface area contributed by atoms with E-state index in [-0.39, 0.29) is 23.3 Å². The fourth-order valence-corrected chi connectivity index (χ4v) is 1.86. The van der Waals surface area contributed by atoms with Gasteiger partial charge in [0.05, 0.1) is 10.9 Å². The molecule has 0 aliphatic carbocycles. The molecule has 0 saturated carbocycles. The molecule has 18 heavy (non-hydrogen) atoms. The van der Waals surface area contributed by atoms with Crippen LogP contribution in [0.3, 0.4) is 0 Å². The van der Waals surface area contributed by atoms with E-state index in [1.807, 2.05) is 6.92 Å². The van der Waals surface area contributed by atoms with Gasteiger partial charge in [-0.3, -0.25) is 4.79 Å². The highest BCUT2D eigenvalue weighted by molar-refractivity contribution is 7.80. The fourth-order valence-electron chi connectivity index (χ4n) is 1.64. The number of amides is 1. The first kappa shape index (κ1) is 14.6. The molecule has 3 nitrogen and oxygen atoms in total. The van der Waals surface area contributed by atoms with Crippen LogP contribution in [-0.2, 0) is 11.3 Å². The van der Waals surface area contributed by atoms with Crippen LogP contribution < -0.4 is 11.1 Å². The number of carbonyl (C=O) groups is 1. The van der Waals surface area contributed by atoms with Crippen molar-refractivity contribution in [1.82, 2.24) is 5.32 Å². The molecule has 0 saturated heterocycles. The van der Waals surface area contributed by atoms with E-state index in [1.54, 1.807) is 18.2 Å². The number of halogens is 1. The Hall–Kier alpha value is -1.49. The first-order chi connectivity index (χ1) is 8.56. The van der Waals surface area contributed by atoms with Gasteiger partial charge >= 0.3 is 0 Å². The summed E-state index contributed by atoms with van der Waals surface area (Å²) < 4.78 is 13.3. The smallest absolute Gasteiger partial charge is 0.230 e. The van der Waals surface area contributed by atoms with Gasteiger partial charge in [-0.15, -0.1) is 0 Å². The predicted octanol–water partition coefficient (Wildman–Crippen LogP) is 2.14. The average molecular weight is 268 g/mol. The lowest BCUT2D eigenvalue weighted by molar-refractivity contribution is -0.123. The van der Waals surface area contributed by atoms with Crippen LogP contribution in [0, 0.1) is 11.7 Å². The predicted molar refractivity (Wildman–Crippen MR) is 73.4 cm³/mol. The maximum Gasteiger partial charge on any atom is 0.230 e. The van der Waals surface area contributed by atoms with E-state index in [0.717, 1.165) is 6.42 Å². The SMILES string of the molecule is CCCC(C(=O)NCc1ccccc1F)C(N)=S. The summed E-state index contributed by atoms with van der Waals surface area (Å²) in [5.74, 6) is -1.05. The molecule has 0 aliphatic rings. The molecule has 1 unspecified atom stereocenters. The van der Waals surface area contributed by atoms with E-state index in [1.165, 1.54) is 6.07 Å². The third-order valence-electron chi connectivity index (χ3n) is 2.65. The Balaban J connectivity index is 2.60. The molecule has 0 spiro atoms. The van der Waals surface area contributed by atoms with Gasteiger partial charge in [0.25, 0.3) is 0 Å². The highest BCUT2D eigenvalue weighted by Crippen LogP contribution is 2.09. The molecule has 1 amide bonds. The molecule has 98 valence electrons. The van der Waals surface area contributed by atoms with E-state index in [4.69, 9.17) is 18.0 Å². The van der Waals surface area contributed by atoms with E-state index in [9.17, 15) is 9.18 Å². The highest BCUT2D eigenvalue weighted by Gasteiger charge is 2.20. The highest BCUT2D eigenvalue weighted by atomic mass is 32.1. The second kappa shape index (κ2) is 7.06. The van der Waals surface area contributed by atoms with E-state index < -0.39 is 5.92 Å². The van der Waals surface area contributed by atoms with Crippen LogP contribution in [0.2, 0.25) is 0 Å². The lowest BCUT2D eigenvalue weighted by Crippen LogP contribution is -2.37. The molecule has 1 rings (SSSR count). The quantitative estimate of drug-likeness (QED) is 0.777. The van der Waals surface area contributed by atoms with Gasteiger partial charge in [0.2, 0.25) is 5.91 Å². The van der Waals surface area contributed by atoms with Crippen LogP contribution in [-0.4, -0.2) is 10.9 Å². The van der Waals surface area contributed by atoms with Crippen molar-refractivity contribution >= 4 is 23.1 Å². The van der Waals surface area contributed by atoms with Crippen LogP contribution in [0.1, 0.15) is 25.3 Å². The van der Waals surface area contributed by atoms with Crippen molar-refractivity contribution in [3.8, 4) is 0 Å². The molecule has 1 aromatic rings. The maximum absolute atomic E-state index is 13.3. The van der Waals surface area contributed by atoms with E-state index in [2.05, 4.69) is 5.32 Å². The average Bonchev–Trinajstić information content (AvgIpc) is 2.34. The molecule has 1 atom stereocenters. The summed E-state index contributed by atoms with van der Waals surface area (Å²) in [4.78, 5) is 12.0. The minimum absolute atomic E-state index is 0.147. The van der Waals surface area contributed by atoms with Crippen LogP contribution in [0.15, 0.2) is 24.3 Å². The summed E-state index contributed by atoms with van der Waals surface area (Å²) in [6.07, 6.45) is 1.42. The molecule has 0 fully saturated rings.